The van der Waals surface area contributed by atoms with Gasteiger partial charge in [0.15, 0.2) is 0 Å². The number of para-hydroxylation sites is 1. The van der Waals surface area contributed by atoms with E-state index in [-0.39, 0.29) is 17.5 Å². The first-order valence-electron chi connectivity index (χ1n) is 9.25. The lowest BCUT2D eigenvalue weighted by Crippen LogP contribution is -2.31. The predicted octanol–water partition coefficient (Wildman–Crippen LogP) is 3.99. The van der Waals surface area contributed by atoms with E-state index in [9.17, 15) is 9.59 Å². The van der Waals surface area contributed by atoms with Crippen LogP contribution in [0.25, 0.3) is 0 Å². The van der Waals surface area contributed by atoms with Gasteiger partial charge in [-0.1, -0.05) is 48.0 Å². The van der Waals surface area contributed by atoms with Crippen LogP contribution in [0.15, 0.2) is 72.9 Å². The van der Waals surface area contributed by atoms with E-state index in [0.29, 0.717) is 18.7 Å². The second-order valence-electron chi connectivity index (χ2n) is 6.48. The maximum absolute atomic E-state index is 12.9. The van der Waals surface area contributed by atoms with Crippen molar-refractivity contribution in [2.45, 2.75) is 20.4 Å². The summed E-state index contributed by atoms with van der Waals surface area (Å²) < 4.78 is 0. The minimum atomic E-state index is -0.236. The van der Waals surface area contributed by atoms with Gasteiger partial charge in [-0.3, -0.25) is 14.6 Å². The normalized spacial score (nSPS) is 10.4. The van der Waals surface area contributed by atoms with Gasteiger partial charge in [0, 0.05) is 30.5 Å². The van der Waals surface area contributed by atoms with Crippen molar-refractivity contribution in [2.24, 2.45) is 0 Å². The summed E-state index contributed by atoms with van der Waals surface area (Å²) in [4.78, 5) is 31.2. The summed E-state index contributed by atoms with van der Waals surface area (Å²) in [6, 6.07) is 20.5. The number of carbonyl (C=O) groups is 2. The molecule has 28 heavy (non-hydrogen) atoms. The third kappa shape index (κ3) is 4.62. The number of benzene rings is 2. The van der Waals surface area contributed by atoms with E-state index in [1.54, 1.807) is 17.0 Å². The minimum absolute atomic E-state index is 0.234. The smallest absolute Gasteiger partial charge is 0.276 e. The lowest BCUT2D eigenvalue weighted by atomic mass is 10.1. The highest BCUT2D eigenvalue weighted by Crippen LogP contribution is 2.16. The van der Waals surface area contributed by atoms with Crippen molar-refractivity contribution in [3.63, 3.8) is 0 Å². The summed E-state index contributed by atoms with van der Waals surface area (Å²) in [5.74, 6) is -0.471. The number of aromatic nitrogens is 1. The van der Waals surface area contributed by atoms with Gasteiger partial charge < -0.3 is 10.2 Å². The molecular formula is C23H23N3O2. The number of anilines is 1. The molecule has 0 radical (unpaired) electrons. The van der Waals surface area contributed by atoms with Crippen LogP contribution in [0.5, 0.6) is 0 Å². The molecule has 2 amide bonds. The molecule has 1 heterocycles. The molecule has 3 aromatic rings. The average molecular weight is 373 g/mol. The Kier molecular flexibility index (Phi) is 6.17. The molecule has 1 N–H and O–H groups in total. The number of pyridine rings is 1. The van der Waals surface area contributed by atoms with Gasteiger partial charge in [0.25, 0.3) is 11.8 Å². The zero-order valence-electron chi connectivity index (χ0n) is 16.1. The van der Waals surface area contributed by atoms with Gasteiger partial charge in [0.05, 0.1) is 0 Å². The monoisotopic (exact) mass is 373 g/mol. The summed E-state index contributed by atoms with van der Waals surface area (Å²) >= 11 is 0. The Morgan fingerprint density at radius 1 is 1.00 bits per heavy atom. The molecule has 0 atom stereocenters. The first-order chi connectivity index (χ1) is 13.6. The molecule has 142 valence electrons. The molecule has 0 saturated carbocycles. The molecule has 0 bridgehead atoms. The Morgan fingerprint density at radius 2 is 1.71 bits per heavy atom. The van der Waals surface area contributed by atoms with Gasteiger partial charge in [-0.15, -0.1) is 0 Å². The molecule has 5 heteroatoms. The molecule has 1 aromatic heterocycles. The van der Waals surface area contributed by atoms with Gasteiger partial charge in [-0.05, 0) is 43.7 Å². The van der Waals surface area contributed by atoms with Crippen LogP contribution in [0.2, 0.25) is 0 Å². The first kappa shape index (κ1) is 19.3. The molecule has 0 fully saturated rings. The van der Waals surface area contributed by atoms with Crippen molar-refractivity contribution in [1.82, 2.24) is 10.3 Å². The summed E-state index contributed by atoms with van der Waals surface area (Å²) in [6.45, 7) is 4.86. The van der Waals surface area contributed by atoms with Crippen LogP contribution in [-0.4, -0.2) is 23.3 Å². The Bertz CT molecular complexity index is 953. The van der Waals surface area contributed by atoms with E-state index in [0.717, 1.165) is 11.3 Å². The van der Waals surface area contributed by atoms with E-state index >= 15 is 0 Å². The molecule has 0 spiro atoms. The van der Waals surface area contributed by atoms with Crippen LogP contribution in [0.4, 0.5) is 5.69 Å². The SMILES string of the molecule is CCN(C(=O)c1cc(C(=O)NCc2ccc(C)cc2)ccn1)c1ccccc1. The third-order valence-corrected chi connectivity index (χ3v) is 4.44. The number of carbonyl (C=O) groups excluding carboxylic acids is 2. The van der Waals surface area contributed by atoms with Crippen LogP contribution < -0.4 is 10.2 Å². The fraction of sp³-hybridized carbons (Fsp3) is 0.174. The van der Waals surface area contributed by atoms with Crippen molar-refractivity contribution < 1.29 is 9.59 Å². The van der Waals surface area contributed by atoms with Gasteiger partial charge in [0.1, 0.15) is 5.69 Å². The Hall–Kier alpha value is -3.47. The van der Waals surface area contributed by atoms with E-state index in [1.165, 1.54) is 11.8 Å². The highest BCUT2D eigenvalue weighted by molar-refractivity contribution is 6.06. The maximum atomic E-state index is 12.9. The van der Waals surface area contributed by atoms with Gasteiger partial charge in [0.2, 0.25) is 0 Å². The van der Waals surface area contributed by atoms with Crippen molar-refractivity contribution >= 4 is 17.5 Å². The second kappa shape index (κ2) is 8.95. The first-order valence-corrected chi connectivity index (χ1v) is 9.25. The predicted molar refractivity (Wildman–Crippen MR) is 110 cm³/mol. The number of amides is 2. The lowest BCUT2D eigenvalue weighted by Gasteiger charge is -2.20. The molecule has 0 aliphatic carbocycles. The van der Waals surface area contributed by atoms with E-state index < -0.39 is 0 Å². The molecule has 0 aliphatic rings. The summed E-state index contributed by atoms with van der Waals surface area (Å²) in [5, 5.41) is 2.88. The van der Waals surface area contributed by atoms with Crippen LogP contribution >= 0.6 is 0 Å². The third-order valence-electron chi connectivity index (χ3n) is 4.44. The van der Waals surface area contributed by atoms with E-state index in [2.05, 4.69) is 10.3 Å². The fourth-order valence-electron chi connectivity index (χ4n) is 2.87. The number of hydrogen-bond donors (Lipinski definition) is 1. The summed E-state index contributed by atoms with van der Waals surface area (Å²) in [5.41, 5.74) is 3.64. The van der Waals surface area contributed by atoms with Crippen LogP contribution in [0.1, 0.15) is 38.9 Å². The summed E-state index contributed by atoms with van der Waals surface area (Å²) in [6.07, 6.45) is 1.49. The van der Waals surface area contributed by atoms with E-state index in [4.69, 9.17) is 0 Å². The van der Waals surface area contributed by atoms with Crippen molar-refractivity contribution in [1.29, 1.82) is 0 Å². The molecule has 3 rings (SSSR count). The largest absolute Gasteiger partial charge is 0.348 e. The second-order valence-corrected chi connectivity index (χ2v) is 6.48. The number of nitrogens with one attached hydrogen (secondary N) is 1. The Balaban J connectivity index is 1.72. The zero-order valence-corrected chi connectivity index (χ0v) is 16.1. The van der Waals surface area contributed by atoms with Crippen molar-refractivity contribution in [3.8, 4) is 0 Å². The molecule has 0 saturated heterocycles. The van der Waals surface area contributed by atoms with Gasteiger partial charge >= 0.3 is 0 Å². The number of aryl methyl sites for hydroxylation is 1. The quantitative estimate of drug-likeness (QED) is 0.711. The molecule has 0 aliphatic heterocycles. The average Bonchev–Trinajstić information content (AvgIpc) is 2.74. The standard InChI is InChI=1S/C23H23N3O2/c1-3-26(20-7-5-4-6-8-20)23(28)21-15-19(13-14-24-21)22(27)25-16-18-11-9-17(2)10-12-18/h4-15H,3,16H2,1-2H3,(H,25,27). The summed E-state index contributed by atoms with van der Waals surface area (Å²) in [7, 11) is 0. The Morgan fingerprint density at radius 3 is 2.39 bits per heavy atom. The number of nitrogens with zero attached hydrogens (tertiary/aromatic N) is 2. The van der Waals surface area contributed by atoms with Crippen LogP contribution in [-0.2, 0) is 6.54 Å². The Labute approximate surface area is 165 Å². The number of hydrogen-bond acceptors (Lipinski definition) is 3. The topological polar surface area (TPSA) is 62.3 Å². The minimum Gasteiger partial charge on any atom is -0.348 e. The van der Waals surface area contributed by atoms with Crippen LogP contribution in [0.3, 0.4) is 0 Å². The zero-order chi connectivity index (χ0) is 19.9. The van der Waals surface area contributed by atoms with Gasteiger partial charge in [-0.2, -0.15) is 0 Å². The molecule has 5 nitrogen and oxygen atoms in total. The fourth-order valence-corrected chi connectivity index (χ4v) is 2.87. The lowest BCUT2D eigenvalue weighted by molar-refractivity contribution is 0.0951. The highest BCUT2D eigenvalue weighted by Gasteiger charge is 2.18. The highest BCUT2D eigenvalue weighted by atomic mass is 16.2. The van der Waals surface area contributed by atoms with Crippen LogP contribution in [0, 0.1) is 6.92 Å². The van der Waals surface area contributed by atoms with Crippen molar-refractivity contribution in [2.75, 3.05) is 11.4 Å². The molecule has 2 aromatic carbocycles. The van der Waals surface area contributed by atoms with Gasteiger partial charge in [-0.25, -0.2) is 0 Å². The van der Waals surface area contributed by atoms with Crippen molar-refractivity contribution in [3.05, 3.63) is 95.3 Å². The van der Waals surface area contributed by atoms with E-state index in [1.807, 2.05) is 68.4 Å². The number of rotatable bonds is 6. The molecular weight excluding hydrogens is 350 g/mol. The maximum Gasteiger partial charge on any atom is 0.276 e. The molecule has 0 unspecified atom stereocenters.